The highest BCUT2D eigenvalue weighted by molar-refractivity contribution is 6.31. The first-order chi connectivity index (χ1) is 8.50. The smallest absolute Gasteiger partial charge is 0.270 e. The number of nitrogens with zero attached hydrogens (tertiary/aromatic N) is 1. The lowest BCUT2D eigenvalue weighted by molar-refractivity contribution is -0.384. The first-order valence-corrected chi connectivity index (χ1v) is 6.56. The summed E-state index contributed by atoms with van der Waals surface area (Å²) in [5.41, 5.74) is 1.14. The SMILES string of the molecule is CC1(NCc2ccc([N+](=O)[O-])cc2Cl)CCCC1. The number of non-ortho nitro benzene ring substituents is 1. The second-order valence-electron chi connectivity index (χ2n) is 5.15. The van der Waals surface area contributed by atoms with Gasteiger partial charge in [-0.15, -0.1) is 0 Å². The topological polar surface area (TPSA) is 55.2 Å². The molecule has 0 heterocycles. The lowest BCUT2D eigenvalue weighted by Crippen LogP contribution is -2.38. The Morgan fingerprint density at radius 1 is 1.44 bits per heavy atom. The van der Waals surface area contributed by atoms with Crippen molar-refractivity contribution in [3.05, 3.63) is 38.9 Å². The summed E-state index contributed by atoms with van der Waals surface area (Å²) in [6.45, 7) is 2.88. The van der Waals surface area contributed by atoms with Crippen molar-refractivity contribution in [1.29, 1.82) is 0 Å². The molecule has 1 N–H and O–H groups in total. The lowest BCUT2D eigenvalue weighted by atomic mass is 10.0. The Morgan fingerprint density at radius 2 is 2.11 bits per heavy atom. The quantitative estimate of drug-likeness (QED) is 0.670. The minimum atomic E-state index is -0.429. The van der Waals surface area contributed by atoms with Crippen LogP contribution in [0.5, 0.6) is 0 Å². The maximum Gasteiger partial charge on any atom is 0.270 e. The molecule has 0 saturated heterocycles. The van der Waals surface area contributed by atoms with Crippen molar-refractivity contribution in [2.75, 3.05) is 0 Å². The number of halogens is 1. The van der Waals surface area contributed by atoms with Crippen LogP contribution in [-0.4, -0.2) is 10.5 Å². The van der Waals surface area contributed by atoms with Crippen LogP contribution >= 0.6 is 11.6 Å². The van der Waals surface area contributed by atoms with Crippen LogP contribution in [0.1, 0.15) is 38.2 Å². The highest BCUT2D eigenvalue weighted by Crippen LogP contribution is 2.30. The Balaban J connectivity index is 2.03. The van der Waals surface area contributed by atoms with Crippen LogP contribution in [0.2, 0.25) is 5.02 Å². The van der Waals surface area contributed by atoms with Crippen LogP contribution in [-0.2, 0) is 6.54 Å². The van der Waals surface area contributed by atoms with E-state index in [4.69, 9.17) is 11.6 Å². The molecule has 1 aromatic carbocycles. The fourth-order valence-corrected chi connectivity index (χ4v) is 2.68. The van der Waals surface area contributed by atoms with Crippen LogP contribution in [0, 0.1) is 10.1 Å². The van der Waals surface area contributed by atoms with Crippen LogP contribution in [0.3, 0.4) is 0 Å². The van der Waals surface area contributed by atoms with Crippen LogP contribution < -0.4 is 5.32 Å². The van der Waals surface area contributed by atoms with Crippen molar-refractivity contribution in [1.82, 2.24) is 5.32 Å². The van der Waals surface area contributed by atoms with Gasteiger partial charge < -0.3 is 5.32 Å². The molecule has 5 heteroatoms. The Kier molecular flexibility index (Phi) is 3.88. The molecule has 0 spiro atoms. The van der Waals surface area contributed by atoms with Gasteiger partial charge in [0.05, 0.1) is 9.95 Å². The van der Waals surface area contributed by atoms with E-state index in [0.29, 0.717) is 11.6 Å². The second kappa shape index (κ2) is 5.24. The Morgan fingerprint density at radius 3 is 2.67 bits per heavy atom. The molecule has 1 fully saturated rings. The zero-order valence-corrected chi connectivity index (χ0v) is 11.2. The Hall–Kier alpha value is -1.13. The predicted molar refractivity (Wildman–Crippen MR) is 71.8 cm³/mol. The summed E-state index contributed by atoms with van der Waals surface area (Å²) in [5, 5.41) is 14.6. The molecule has 1 aliphatic rings. The molecule has 0 unspecified atom stereocenters. The number of hydrogen-bond acceptors (Lipinski definition) is 3. The summed E-state index contributed by atoms with van der Waals surface area (Å²) < 4.78 is 0. The Bertz CT molecular complexity index is 456. The van der Waals surface area contributed by atoms with E-state index in [1.54, 1.807) is 6.07 Å². The molecular formula is C13H17ClN2O2. The highest BCUT2D eigenvalue weighted by Gasteiger charge is 2.27. The molecule has 0 amide bonds. The molecular weight excluding hydrogens is 252 g/mol. The largest absolute Gasteiger partial charge is 0.307 e. The van der Waals surface area contributed by atoms with Gasteiger partial charge in [-0.05, 0) is 31.4 Å². The molecule has 0 bridgehead atoms. The molecule has 18 heavy (non-hydrogen) atoms. The van der Waals surface area contributed by atoms with Gasteiger partial charge in [0.15, 0.2) is 0 Å². The van der Waals surface area contributed by atoms with Crippen molar-refractivity contribution in [2.45, 2.75) is 44.7 Å². The minimum absolute atomic E-state index is 0.0378. The number of nitro benzene ring substituents is 1. The van der Waals surface area contributed by atoms with E-state index in [2.05, 4.69) is 12.2 Å². The van der Waals surface area contributed by atoms with Gasteiger partial charge in [-0.3, -0.25) is 10.1 Å². The van der Waals surface area contributed by atoms with E-state index < -0.39 is 4.92 Å². The number of benzene rings is 1. The molecule has 1 aromatic rings. The van der Waals surface area contributed by atoms with Crippen molar-refractivity contribution in [2.24, 2.45) is 0 Å². The molecule has 0 aromatic heterocycles. The van der Waals surface area contributed by atoms with Crippen LogP contribution in [0.25, 0.3) is 0 Å². The average Bonchev–Trinajstić information content (AvgIpc) is 2.75. The van der Waals surface area contributed by atoms with E-state index in [1.807, 2.05) is 0 Å². The van der Waals surface area contributed by atoms with E-state index in [-0.39, 0.29) is 11.2 Å². The van der Waals surface area contributed by atoms with Crippen molar-refractivity contribution < 1.29 is 4.92 Å². The summed E-state index contributed by atoms with van der Waals surface area (Å²) in [6.07, 6.45) is 4.88. The zero-order chi connectivity index (χ0) is 13.2. The molecule has 4 nitrogen and oxygen atoms in total. The number of hydrogen-bond donors (Lipinski definition) is 1. The van der Waals surface area contributed by atoms with Crippen LogP contribution in [0.4, 0.5) is 5.69 Å². The van der Waals surface area contributed by atoms with Crippen LogP contribution in [0.15, 0.2) is 18.2 Å². The van der Waals surface area contributed by atoms with E-state index in [0.717, 1.165) is 5.56 Å². The molecule has 1 aliphatic carbocycles. The number of nitrogens with one attached hydrogen (secondary N) is 1. The second-order valence-corrected chi connectivity index (χ2v) is 5.56. The first-order valence-electron chi connectivity index (χ1n) is 6.18. The molecule has 0 radical (unpaired) electrons. The summed E-state index contributed by atoms with van der Waals surface area (Å²) in [7, 11) is 0. The molecule has 2 rings (SSSR count). The zero-order valence-electron chi connectivity index (χ0n) is 10.4. The first kappa shape index (κ1) is 13.3. The van der Waals surface area contributed by atoms with Gasteiger partial charge in [0, 0.05) is 24.2 Å². The lowest BCUT2D eigenvalue weighted by Gasteiger charge is -2.25. The summed E-state index contributed by atoms with van der Waals surface area (Å²) in [4.78, 5) is 10.2. The maximum absolute atomic E-state index is 10.6. The number of nitro groups is 1. The fourth-order valence-electron chi connectivity index (χ4n) is 2.43. The predicted octanol–water partition coefficient (Wildman–Crippen LogP) is 3.67. The van der Waals surface area contributed by atoms with Gasteiger partial charge in [0.1, 0.15) is 0 Å². The summed E-state index contributed by atoms with van der Waals surface area (Å²) in [5.74, 6) is 0. The van der Waals surface area contributed by atoms with Crippen molar-refractivity contribution in [3.63, 3.8) is 0 Å². The third-order valence-corrected chi connectivity index (χ3v) is 4.01. The minimum Gasteiger partial charge on any atom is -0.307 e. The van der Waals surface area contributed by atoms with Crippen molar-refractivity contribution in [3.8, 4) is 0 Å². The molecule has 0 aliphatic heterocycles. The van der Waals surface area contributed by atoms with E-state index in [1.165, 1.54) is 37.8 Å². The molecule has 1 saturated carbocycles. The summed E-state index contributed by atoms with van der Waals surface area (Å²) >= 11 is 6.06. The maximum atomic E-state index is 10.6. The van der Waals surface area contributed by atoms with E-state index >= 15 is 0 Å². The highest BCUT2D eigenvalue weighted by atomic mass is 35.5. The fraction of sp³-hybridized carbons (Fsp3) is 0.538. The third kappa shape index (κ3) is 3.00. The van der Waals surface area contributed by atoms with Crippen molar-refractivity contribution >= 4 is 17.3 Å². The van der Waals surface area contributed by atoms with E-state index in [9.17, 15) is 10.1 Å². The number of rotatable bonds is 4. The average molecular weight is 269 g/mol. The Labute approximate surface area is 111 Å². The summed E-state index contributed by atoms with van der Waals surface area (Å²) in [6, 6.07) is 4.64. The van der Waals surface area contributed by atoms with Gasteiger partial charge in [-0.2, -0.15) is 0 Å². The third-order valence-electron chi connectivity index (χ3n) is 3.66. The standard InChI is InChI=1S/C13H17ClN2O2/c1-13(6-2-3-7-13)15-9-10-4-5-11(16(17)18)8-12(10)14/h4-5,8,15H,2-3,6-7,9H2,1H3. The monoisotopic (exact) mass is 268 g/mol. The van der Waals surface area contributed by atoms with Gasteiger partial charge in [-0.25, -0.2) is 0 Å². The molecule has 98 valence electrons. The van der Waals surface area contributed by atoms with Gasteiger partial charge in [-0.1, -0.05) is 24.4 Å². The van der Waals surface area contributed by atoms with Gasteiger partial charge in [0.25, 0.3) is 5.69 Å². The van der Waals surface area contributed by atoms with Gasteiger partial charge in [0.2, 0.25) is 0 Å². The normalized spacial score (nSPS) is 17.9. The van der Waals surface area contributed by atoms with Gasteiger partial charge >= 0.3 is 0 Å². The molecule has 0 atom stereocenters.